The van der Waals surface area contributed by atoms with Crippen LogP contribution in [0.1, 0.15) is 24.5 Å². The van der Waals surface area contributed by atoms with Crippen LogP contribution >= 0.6 is 0 Å². The lowest BCUT2D eigenvalue weighted by Crippen LogP contribution is -2.33. The van der Waals surface area contributed by atoms with Gasteiger partial charge in [-0.3, -0.25) is 9.88 Å². The quantitative estimate of drug-likeness (QED) is 0.784. The van der Waals surface area contributed by atoms with Crippen molar-refractivity contribution in [2.45, 2.75) is 26.3 Å². The molecule has 2 aromatic rings. The number of nitrogens with zero attached hydrogens (tertiary/aromatic N) is 3. The molecule has 1 saturated heterocycles. The van der Waals surface area contributed by atoms with E-state index >= 15 is 0 Å². The maximum atomic E-state index is 5.51. The average Bonchev–Trinajstić information content (AvgIpc) is 3.03. The lowest BCUT2D eigenvalue weighted by atomic mass is 10.00. The van der Waals surface area contributed by atoms with E-state index in [1.807, 2.05) is 24.5 Å². The van der Waals surface area contributed by atoms with Crippen LogP contribution in [-0.4, -0.2) is 54.3 Å². The molecule has 2 aliphatic rings. The molecule has 4 rings (SSSR count). The topological polar surface area (TPSA) is 37.8 Å². The van der Waals surface area contributed by atoms with Crippen molar-refractivity contribution in [2.75, 3.05) is 39.5 Å². The third-order valence-electron chi connectivity index (χ3n) is 5.40. The Morgan fingerprint density at radius 3 is 2.74 bits per heavy atom. The van der Waals surface area contributed by atoms with E-state index in [2.05, 4.69) is 39.9 Å². The molecule has 2 aliphatic heterocycles. The number of hydrogen-bond acceptors (Lipinski definition) is 5. The highest BCUT2D eigenvalue weighted by Gasteiger charge is 2.18. The summed E-state index contributed by atoms with van der Waals surface area (Å²) in [6, 6.07) is 10.5. The molecule has 0 bridgehead atoms. The van der Waals surface area contributed by atoms with Gasteiger partial charge in [0.2, 0.25) is 6.79 Å². The summed E-state index contributed by atoms with van der Waals surface area (Å²) in [5, 5.41) is 0. The standard InChI is InChI=1S/C22H29N3O2/c1-18(12-19-5-6-21-22(13-19)27-17-26-21)15-24-8-3-9-25(11-10-24)16-20-4-2-7-23-14-20/h2,4-7,13-14,18H,3,8-12,15-17H2,1H3/t18-/m0/s1. The summed E-state index contributed by atoms with van der Waals surface area (Å²) >= 11 is 0. The Balaban J connectivity index is 1.25. The molecule has 0 unspecified atom stereocenters. The van der Waals surface area contributed by atoms with Gasteiger partial charge < -0.3 is 14.4 Å². The SMILES string of the molecule is C[C@@H](Cc1ccc2c(c1)OCO2)CN1CCCN(Cc2cccnc2)CC1. The number of fused-ring (bicyclic) bond motifs is 1. The number of pyridine rings is 1. The molecule has 1 aromatic heterocycles. The molecule has 27 heavy (non-hydrogen) atoms. The molecule has 1 atom stereocenters. The summed E-state index contributed by atoms with van der Waals surface area (Å²) in [6.07, 6.45) is 6.13. The van der Waals surface area contributed by atoms with Gasteiger partial charge in [-0.2, -0.15) is 0 Å². The highest BCUT2D eigenvalue weighted by molar-refractivity contribution is 5.44. The molecule has 0 radical (unpaired) electrons. The van der Waals surface area contributed by atoms with Gasteiger partial charge in [0.25, 0.3) is 0 Å². The average molecular weight is 367 g/mol. The summed E-state index contributed by atoms with van der Waals surface area (Å²) in [7, 11) is 0. The molecule has 0 amide bonds. The summed E-state index contributed by atoms with van der Waals surface area (Å²) in [4.78, 5) is 9.42. The van der Waals surface area contributed by atoms with Crippen LogP contribution in [0, 0.1) is 5.92 Å². The fraction of sp³-hybridized carbons (Fsp3) is 0.500. The highest BCUT2D eigenvalue weighted by Crippen LogP contribution is 2.33. The van der Waals surface area contributed by atoms with Crippen LogP contribution in [0.15, 0.2) is 42.7 Å². The summed E-state index contributed by atoms with van der Waals surface area (Å²) in [6.45, 7) is 9.48. The molecule has 1 fully saturated rings. The summed E-state index contributed by atoms with van der Waals surface area (Å²) in [5.41, 5.74) is 2.64. The minimum absolute atomic E-state index is 0.345. The van der Waals surface area contributed by atoms with Crippen molar-refractivity contribution in [1.82, 2.24) is 14.8 Å². The molecular formula is C22H29N3O2. The van der Waals surface area contributed by atoms with E-state index in [4.69, 9.17) is 9.47 Å². The first-order valence-electron chi connectivity index (χ1n) is 9.98. The zero-order valence-corrected chi connectivity index (χ0v) is 16.1. The third kappa shape index (κ3) is 4.99. The van der Waals surface area contributed by atoms with E-state index in [-0.39, 0.29) is 0 Å². The van der Waals surface area contributed by atoms with Crippen molar-refractivity contribution in [1.29, 1.82) is 0 Å². The largest absolute Gasteiger partial charge is 0.454 e. The molecule has 3 heterocycles. The van der Waals surface area contributed by atoms with Crippen LogP contribution in [0.25, 0.3) is 0 Å². The zero-order valence-electron chi connectivity index (χ0n) is 16.1. The molecule has 144 valence electrons. The van der Waals surface area contributed by atoms with Crippen molar-refractivity contribution < 1.29 is 9.47 Å². The minimum atomic E-state index is 0.345. The monoisotopic (exact) mass is 367 g/mol. The Morgan fingerprint density at radius 2 is 1.85 bits per heavy atom. The lowest BCUT2D eigenvalue weighted by Gasteiger charge is -2.24. The van der Waals surface area contributed by atoms with Crippen molar-refractivity contribution in [3.05, 3.63) is 53.9 Å². The molecule has 0 saturated carbocycles. The van der Waals surface area contributed by atoms with Gasteiger partial charge in [-0.15, -0.1) is 0 Å². The fourth-order valence-electron chi connectivity index (χ4n) is 4.09. The molecular weight excluding hydrogens is 338 g/mol. The maximum absolute atomic E-state index is 5.51. The first-order valence-corrected chi connectivity index (χ1v) is 9.98. The van der Waals surface area contributed by atoms with Gasteiger partial charge in [0.15, 0.2) is 11.5 Å². The first kappa shape index (κ1) is 18.3. The van der Waals surface area contributed by atoms with Crippen molar-refractivity contribution in [2.24, 2.45) is 5.92 Å². The van der Waals surface area contributed by atoms with Crippen molar-refractivity contribution in [3.63, 3.8) is 0 Å². The Hall–Kier alpha value is -2.11. The molecule has 0 spiro atoms. The molecule has 0 aliphatic carbocycles. The lowest BCUT2D eigenvalue weighted by molar-refractivity contribution is 0.174. The van der Waals surface area contributed by atoms with E-state index in [1.54, 1.807) is 0 Å². The van der Waals surface area contributed by atoms with Gasteiger partial charge in [-0.1, -0.05) is 19.1 Å². The zero-order chi connectivity index (χ0) is 18.5. The second kappa shape index (κ2) is 8.72. The van der Waals surface area contributed by atoms with E-state index in [1.165, 1.54) is 30.6 Å². The Bertz CT molecular complexity index is 738. The summed E-state index contributed by atoms with van der Waals surface area (Å²) in [5.74, 6) is 2.38. The number of rotatable bonds is 6. The van der Waals surface area contributed by atoms with Crippen LogP contribution in [0.3, 0.4) is 0 Å². The second-order valence-corrected chi connectivity index (χ2v) is 7.79. The second-order valence-electron chi connectivity index (χ2n) is 7.79. The summed E-state index contributed by atoms with van der Waals surface area (Å²) < 4.78 is 10.9. The fourth-order valence-corrected chi connectivity index (χ4v) is 4.09. The van der Waals surface area contributed by atoms with E-state index < -0.39 is 0 Å². The predicted molar refractivity (Wildman–Crippen MR) is 106 cm³/mol. The van der Waals surface area contributed by atoms with Gasteiger partial charge in [0.05, 0.1) is 0 Å². The number of benzene rings is 1. The predicted octanol–water partition coefficient (Wildman–Crippen LogP) is 3.20. The Morgan fingerprint density at radius 1 is 1.00 bits per heavy atom. The van der Waals surface area contributed by atoms with Gasteiger partial charge in [0, 0.05) is 38.6 Å². The van der Waals surface area contributed by atoms with E-state index in [9.17, 15) is 0 Å². The smallest absolute Gasteiger partial charge is 0.231 e. The van der Waals surface area contributed by atoms with Gasteiger partial charge in [-0.05, 0) is 61.2 Å². The van der Waals surface area contributed by atoms with Gasteiger partial charge >= 0.3 is 0 Å². The van der Waals surface area contributed by atoms with Crippen molar-refractivity contribution in [3.8, 4) is 11.5 Å². The molecule has 5 heteroatoms. The molecule has 1 aromatic carbocycles. The van der Waals surface area contributed by atoms with Gasteiger partial charge in [-0.25, -0.2) is 0 Å². The normalized spacial score (nSPS) is 19.0. The van der Waals surface area contributed by atoms with Crippen LogP contribution in [0.4, 0.5) is 0 Å². The number of hydrogen-bond donors (Lipinski definition) is 0. The first-order chi connectivity index (χ1) is 13.3. The highest BCUT2D eigenvalue weighted by atomic mass is 16.7. The van der Waals surface area contributed by atoms with Crippen LogP contribution < -0.4 is 9.47 Å². The number of ether oxygens (including phenoxy) is 2. The van der Waals surface area contributed by atoms with E-state index in [0.29, 0.717) is 12.7 Å². The van der Waals surface area contributed by atoms with Crippen molar-refractivity contribution >= 4 is 0 Å². The maximum Gasteiger partial charge on any atom is 0.231 e. The van der Waals surface area contributed by atoms with E-state index in [0.717, 1.165) is 44.1 Å². The van der Waals surface area contributed by atoms with Gasteiger partial charge in [0.1, 0.15) is 0 Å². The van der Waals surface area contributed by atoms with Crippen LogP contribution in [0.5, 0.6) is 11.5 Å². The molecule has 0 N–H and O–H groups in total. The Kier molecular flexibility index (Phi) is 5.90. The minimum Gasteiger partial charge on any atom is -0.454 e. The number of aromatic nitrogens is 1. The van der Waals surface area contributed by atoms with Crippen LogP contribution in [0.2, 0.25) is 0 Å². The Labute approximate surface area is 161 Å². The third-order valence-corrected chi connectivity index (χ3v) is 5.40. The molecule has 5 nitrogen and oxygen atoms in total. The van der Waals surface area contributed by atoms with Crippen LogP contribution in [-0.2, 0) is 13.0 Å².